The number of halogens is 1. The predicted octanol–water partition coefficient (Wildman–Crippen LogP) is 3.62. The minimum atomic E-state index is -0.439. The Bertz CT molecular complexity index is 584. The van der Waals surface area contributed by atoms with Crippen molar-refractivity contribution in [2.75, 3.05) is 0 Å². The normalized spacial score (nSPS) is 10.2. The largest absolute Gasteiger partial charge is 0.270 e. The molecule has 0 spiro atoms. The molecule has 2 aromatic rings. The molecular formula is C12H9ClN2O2. The van der Waals surface area contributed by atoms with Gasteiger partial charge in [-0.15, -0.1) is 0 Å². The van der Waals surface area contributed by atoms with E-state index < -0.39 is 4.92 Å². The number of hydrogen-bond acceptors (Lipinski definition) is 3. The Morgan fingerprint density at radius 3 is 2.71 bits per heavy atom. The molecule has 0 aliphatic carbocycles. The second kappa shape index (κ2) is 4.51. The molecule has 1 aromatic carbocycles. The second-order valence-corrected chi connectivity index (χ2v) is 4.02. The van der Waals surface area contributed by atoms with Crippen LogP contribution in [0.25, 0.3) is 11.1 Å². The average Bonchev–Trinajstić information content (AvgIpc) is 2.30. The van der Waals surface area contributed by atoms with Crippen LogP contribution in [-0.2, 0) is 0 Å². The fourth-order valence-electron chi connectivity index (χ4n) is 1.58. The maximum absolute atomic E-state index is 10.7. The van der Waals surface area contributed by atoms with Crippen molar-refractivity contribution in [1.29, 1.82) is 0 Å². The number of pyridine rings is 1. The highest BCUT2D eigenvalue weighted by atomic mass is 35.5. The number of aryl methyl sites for hydroxylation is 1. The van der Waals surface area contributed by atoms with Crippen LogP contribution in [0.4, 0.5) is 5.69 Å². The van der Waals surface area contributed by atoms with Gasteiger partial charge in [-0.3, -0.25) is 15.1 Å². The summed E-state index contributed by atoms with van der Waals surface area (Å²) in [7, 11) is 0. The molecule has 0 aliphatic rings. The van der Waals surface area contributed by atoms with Crippen LogP contribution in [-0.4, -0.2) is 9.91 Å². The number of nitro benzene ring substituents is 1. The molecule has 0 radical (unpaired) electrons. The SMILES string of the molecule is Cc1ccncc1-c1cc([N+](=O)[O-])ccc1Cl. The fraction of sp³-hybridized carbons (Fsp3) is 0.0833. The molecule has 0 bridgehead atoms. The van der Waals surface area contributed by atoms with Gasteiger partial charge in [0, 0.05) is 40.7 Å². The van der Waals surface area contributed by atoms with Crippen LogP contribution in [0, 0.1) is 17.0 Å². The molecule has 0 N–H and O–H groups in total. The van der Waals surface area contributed by atoms with Crippen LogP contribution >= 0.6 is 11.6 Å². The van der Waals surface area contributed by atoms with Gasteiger partial charge in [0.05, 0.1) is 4.92 Å². The molecule has 0 saturated carbocycles. The van der Waals surface area contributed by atoms with Gasteiger partial charge in [-0.1, -0.05) is 11.6 Å². The molecule has 0 saturated heterocycles. The molecule has 5 heteroatoms. The van der Waals surface area contributed by atoms with E-state index >= 15 is 0 Å². The summed E-state index contributed by atoms with van der Waals surface area (Å²) in [4.78, 5) is 14.3. The van der Waals surface area contributed by atoms with Crippen molar-refractivity contribution in [3.8, 4) is 11.1 Å². The lowest BCUT2D eigenvalue weighted by Crippen LogP contribution is -1.91. The van der Waals surface area contributed by atoms with Crippen molar-refractivity contribution in [3.05, 3.63) is 57.4 Å². The smallest absolute Gasteiger partial charge is 0.264 e. The highest BCUT2D eigenvalue weighted by Gasteiger charge is 2.12. The highest BCUT2D eigenvalue weighted by molar-refractivity contribution is 6.33. The summed E-state index contributed by atoms with van der Waals surface area (Å²) < 4.78 is 0. The van der Waals surface area contributed by atoms with Crippen LogP contribution < -0.4 is 0 Å². The van der Waals surface area contributed by atoms with Gasteiger partial charge in [-0.25, -0.2) is 0 Å². The first-order chi connectivity index (χ1) is 8.09. The average molecular weight is 249 g/mol. The van der Waals surface area contributed by atoms with Crippen LogP contribution in [0.2, 0.25) is 5.02 Å². The van der Waals surface area contributed by atoms with Gasteiger partial charge < -0.3 is 0 Å². The number of hydrogen-bond donors (Lipinski definition) is 0. The summed E-state index contributed by atoms with van der Waals surface area (Å²) in [6.07, 6.45) is 3.32. The van der Waals surface area contributed by atoms with Crippen LogP contribution in [0.15, 0.2) is 36.7 Å². The topological polar surface area (TPSA) is 56.0 Å². The van der Waals surface area contributed by atoms with E-state index in [4.69, 9.17) is 11.6 Å². The number of benzene rings is 1. The van der Waals surface area contributed by atoms with Gasteiger partial charge in [0.15, 0.2) is 0 Å². The third kappa shape index (κ3) is 2.26. The van der Waals surface area contributed by atoms with Gasteiger partial charge in [-0.2, -0.15) is 0 Å². The highest BCUT2D eigenvalue weighted by Crippen LogP contribution is 2.32. The zero-order valence-electron chi connectivity index (χ0n) is 9.05. The molecule has 17 heavy (non-hydrogen) atoms. The third-order valence-corrected chi connectivity index (χ3v) is 2.82. The summed E-state index contributed by atoms with van der Waals surface area (Å²) in [6.45, 7) is 1.91. The van der Waals surface area contributed by atoms with Gasteiger partial charge in [0.25, 0.3) is 5.69 Å². The summed E-state index contributed by atoms with van der Waals surface area (Å²) in [5, 5.41) is 11.2. The number of rotatable bonds is 2. The lowest BCUT2D eigenvalue weighted by atomic mass is 10.0. The van der Waals surface area contributed by atoms with Crippen molar-refractivity contribution in [3.63, 3.8) is 0 Å². The first-order valence-corrected chi connectivity index (χ1v) is 5.32. The Morgan fingerprint density at radius 1 is 1.29 bits per heavy atom. The molecule has 0 amide bonds. The van der Waals surface area contributed by atoms with E-state index in [0.717, 1.165) is 11.1 Å². The standard InChI is InChI=1S/C12H9ClN2O2/c1-8-4-5-14-7-11(8)10-6-9(15(16)17)2-3-12(10)13/h2-7H,1H3. The summed E-state index contributed by atoms with van der Waals surface area (Å²) in [6, 6.07) is 6.22. The first kappa shape index (κ1) is 11.5. The summed E-state index contributed by atoms with van der Waals surface area (Å²) >= 11 is 6.06. The monoisotopic (exact) mass is 248 g/mol. The van der Waals surface area contributed by atoms with E-state index in [2.05, 4.69) is 4.98 Å². The number of aromatic nitrogens is 1. The van der Waals surface area contributed by atoms with E-state index in [1.807, 2.05) is 13.0 Å². The maximum Gasteiger partial charge on any atom is 0.270 e. The Kier molecular flexibility index (Phi) is 3.06. The van der Waals surface area contributed by atoms with E-state index in [9.17, 15) is 10.1 Å². The Morgan fingerprint density at radius 2 is 2.06 bits per heavy atom. The summed E-state index contributed by atoms with van der Waals surface area (Å²) in [5.41, 5.74) is 2.43. The molecule has 2 rings (SSSR count). The van der Waals surface area contributed by atoms with Gasteiger partial charge in [0.1, 0.15) is 0 Å². The molecule has 4 nitrogen and oxygen atoms in total. The Balaban J connectivity index is 2.63. The lowest BCUT2D eigenvalue weighted by Gasteiger charge is -2.06. The van der Waals surface area contributed by atoms with E-state index in [1.165, 1.54) is 18.2 Å². The van der Waals surface area contributed by atoms with Crippen LogP contribution in [0.5, 0.6) is 0 Å². The predicted molar refractivity (Wildman–Crippen MR) is 66.1 cm³/mol. The van der Waals surface area contributed by atoms with Crippen molar-refractivity contribution in [1.82, 2.24) is 4.98 Å². The molecule has 1 aromatic heterocycles. The van der Waals surface area contributed by atoms with Gasteiger partial charge in [-0.05, 0) is 24.6 Å². The molecule has 1 heterocycles. The van der Waals surface area contributed by atoms with Crippen LogP contribution in [0.3, 0.4) is 0 Å². The van der Waals surface area contributed by atoms with Crippen LogP contribution in [0.1, 0.15) is 5.56 Å². The molecule has 0 atom stereocenters. The number of nitrogens with zero attached hydrogens (tertiary/aromatic N) is 2. The number of non-ortho nitro benzene ring substituents is 1. The molecular weight excluding hydrogens is 240 g/mol. The molecule has 86 valence electrons. The lowest BCUT2D eigenvalue weighted by molar-refractivity contribution is -0.384. The zero-order chi connectivity index (χ0) is 12.4. The maximum atomic E-state index is 10.7. The minimum Gasteiger partial charge on any atom is -0.264 e. The van der Waals surface area contributed by atoms with E-state index in [1.54, 1.807) is 12.4 Å². The molecule has 0 aliphatic heterocycles. The van der Waals surface area contributed by atoms with Gasteiger partial charge in [0.2, 0.25) is 0 Å². The zero-order valence-corrected chi connectivity index (χ0v) is 9.81. The summed E-state index contributed by atoms with van der Waals surface area (Å²) in [5.74, 6) is 0. The Labute approximate surface area is 103 Å². The fourth-order valence-corrected chi connectivity index (χ4v) is 1.80. The number of nitro groups is 1. The van der Waals surface area contributed by atoms with Crippen molar-refractivity contribution < 1.29 is 4.92 Å². The van der Waals surface area contributed by atoms with E-state index in [0.29, 0.717) is 10.6 Å². The van der Waals surface area contributed by atoms with Crippen molar-refractivity contribution in [2.24, 2.45) is 0 Å². The van der Waals surface area contributed by atoms with Gasteiger partial charge >= 0.3 is 0 Å². The third-order valence-electron chi connectivity index (χ3n) is 2.49. The van der Waals surface area contributed by atoms with Crippen molar-refractivity contribution in [2.45, 2.75) is 6.92 Å². The first-order valence-electron chi connectivity index (χ1n) is 4.94. The Hall–Kier alpha value is -1.94. The second-order valence-electron chi connectivity index (χ2n) is 3.61. The molecule has 0 unspecified atom stereocenters. The minimum absolute atomic E-state index is 0.0210. The quantitative estimate of drug-likeness (QED) is 0.602. The van der Waals surface area contributed by atoms with E-state index in [-0.39, 0.29) is 5.69 Å². The van der Waals surface area contributed by atoms with Crippen molar-refractivity contribution >= 4 is 17.3 Å². The molecule has 0 fully saturated rings.